The summed E-state index contributed by atoms with van der Waals surface area (Å²) in [6.07, 6.45) is 5.28. The second-order valence-electron chi connectivity index (χ2n) is 5.43. The van der Waals surface area contributed by atoms with Crippen molar-refractivity contribution in [3.8, 4) is 5.75 Å². The van der Waals surface area contributed by atoms with E-state index in [-0.39, 0.29) is 0 Å². The molecule has 1 aromatic rings. The van der Waals surface area contributed by atoms with E-state index >= 15 is 0 Å². The fourth-order valence-electron chi connectivity index (χ4n) is 3.47. The Morgan fingerprint density at radius 2 is 2.18 bits per heavy atom. The molecule has 0 amide bonds. The van der Waals surface area contributed by atoms with E-state index in [4.69, 9.17) is 4.74 Å². The smallest absolute Gasteiger partial charge is 0.123 e. The van der Waals surface area contributed by atoms with Gasteiger partial charge in [-0.2, -0.15) is 0 Å². The molecule has 0 saturated carbocycles. The highest BCUT2D eigenvalue weighted by Crippen LogP contribution is 2.41. The van der Waals surface area contributed by atoms with Crippen LogP contribution in [0.15, 0.2) is 12.1 Å². The highest BCUT2D eigenvalue weighted by atomic mass is 16.5. The zero-order chi connectivity index (χ0) is 11.8. The largest absolute Gasteiger partial charge is 0.496 e. The highest BCUT2D eigenvalue weighted by Gasteiger charge is 2.28. The molecule has 1 aliphatic heterocycles. The van der Waals surface area contributed by atoms with E-state index in [1.165, 1.54) is 37.8 Å². The summed E-state index contributed by atoms with van der Waals surface area (Å²) in [6.45, 7) is 2.25. The molecule has 2 aliphatic rings. The Kier molecular flexibility index (Phi) is 2.83. The molecule has 92 valence electrons. The third-order valence-corrected chi connectivity index (χ3v) is 4.32. The van der Waals surface area contributed by atoms with Gasteiger partial charge in [-0.15, -0.1) is 0 Å². The van der Waals surface area contributed by atoms with Gasteiger partial charge in [-0.3, -0.25) is 0 Å². The van der Waals surface area contributed by atoms with Gasteiger partial charge >= 0.3 is 0 Å². The zero-order valence-corrected chi connectivity index (χ0v) is 10.8. The van der Waals surface area contributed by atoms with E-state index in [1.807, 2.05) is 0 Å². The van der Waals surface area contributed by atoms with Gasteiger partial charge < -0.3 is 9.64 Å². The second kappa shape index (κ2) is 4.34. The Morgan fingerprint density at radius 3 is 3.00 bits per heavy atom. The quantitative estimate of drug-likeness (QED) is 0.737. The zero-order valence-electron chi connectivity index (χ0n) is 10.8. The van der Waals surface area contributed by atoms with Crippen molar-refractivity contribution in [3.63, 3.8) is 0 Å². The first-order valence-electron chi connectivity index (χ1n) is 6.67. The normalized spacial score (nSPS) is 24.0. The fraction of sp³-hybridized carbons (Fsp3) is 0.600. The summed E-state index contributed by atoms with van der Waals surface area (Å²) >= 11 is 0. The Balaban J connectivity index is 2.15. The Labute approximate surface area is 104 Å². The van der Waals surface area contributed by atoms with Crippen molar-refractivity contribution in [2.75, 3.05) is 20.7 Å². The second-order valence-corrected chi connectivity index (χ2v) is 5.43. The van der Waals surface area contributed by atoms with Crippen molar-refractivity contribution in [1.82, 2.24) is 4.90 Å². The van der Waals surface area contributed by atoms with Gasteiger partial charge in [0.2, 0.25) is 0 Å². The van der Waals surface area contributed by atoms with Crippen molar-refractivity contribution in [2.24, 2.45) is 0 Å². The number of rotatable bonds is 1. The van der Waals surface area contributed by atoms with Gasteiger partial charge in [0.1, 0.15) is 5.75 Å². The molecule has 0 saturated heterocycles. The maximum Gasteiger partial charge on any atom is 0.123 e. The lowest BCUT2D eigenvalue weighted by molar-refractivity contribution is 0.315. The fourth-order valence-corrected chi connectivity index (χ4v) is 3.47. The molecular weight excluding hydrogens is 210 g/mol. The molecule has 0 aromatic heterocycles. The van der Waals surface area contributed by atoms with Gasteiger partial charge in [-0.25, -0.2) is 0 Å². The molecule has 17 heavy (non-hydrogen) atoms. The molecular formula is C15H21NO. The van der Waals surface area contributed by atoms with Crippen molar-refractivity contribution < 1.29 is 4.74 Å². The van der Waals surface area contributed by atoms with Gasteiger partial charge in [0.15, 0.2) is 0 Å². The van der Waals surface area contributed by atoms with Gasteiger partial charge in [-0.1, -0.05) is 6.07 Å². The molecule has 0 unspecified atom stereocenters. The third-order valence-electron chi connectivity index (χ3n) is 4.32. The number of hydrogen-bond acceptors (Lipinski definition) is 2. The number of aryl methyl sites for hydroxylation is 1. The van der Waals surface area contributed by atoms with Crippen LogP contribution in [-0.4, -0.2) is 25.6 Å². The molecule has 0 fully saturated rings. The Hall–Kier alpha value is -1.02. The first-order chi connectivity index (χ1) is 8.29. The number of hydrogen-bond donors (Lipinski definition) is 0. The molecule has 0 bridgehead atoms. The summed E-state index contributed by atoms with van der Waals surface area (Å²) in [5, 5.41) is 0. The molecule has 1 aromatic carbocycles. The van der Waals surface area contributed by atoms with E-state index in [0.717, 1.165) is 18.2 Å². The third kappa shape index (κ3) is 1.85. The summed E-state index contributed by atoms with van der Waals surface area (Å²) in [4.78, 5) is 2.43. The van der Waals surface area contributed by atoms with E-state index in [2.05, 4.69) is 24.1 Å². The maximum absolute atomic E-state index is 5.56. The Morgan fingerprint density at radius 1 is 1.29 bits per heavy atom. The first-order valence-corrected chi connectivity index (χ1v) is 6.67. The van der Waals surface area contributed by atoms with Crippen molar-refractivity contribution >= 4 is 0 Å². The van der Waals surface area contributed by atoms with Gasteiger partial charge in [0.05, 0.1) is 7.11 Å². The number of methoxy groups -OCH3 is 1. The minimum absolute atomic E-state index is 0.772. The molecule has 1 atom stereocenters. The summed E-state index contributed by atoms with van der Waals surface area (Å²) < 4.78 is 5.56. The van der Waals surface area contributed by atoms with Crippen LogP contribution in [0.4, 0.5) is 0 Å². The SMILES string of the molecule is COc1ccc2c3c1CN(C)CC[C@H]3CCC2. The van der Waals surface area contributed by atoms with Crippen molar-refractivity contribution in [2.45, 2.75) is 38.1 Å². The minimum atomic E-state index is 0.772. The summed E-state index contributed by atoms with van der Waals surface area (Å²) in [5.74, 6) is 1.86. The monoisotopic (exact) mass is 231 g/mol. The summed E-state index contributed by atoms with van der Waals surface area (Å²) in [6, 6.07) is 4.45. The van der Waals surface area contributed by atoms with Crippen LogP contribution >= 0.6 is 0 Å². The molecule has 1 aliphatic carbocycles. The molecule has 2 nitrogen and oxygen atoms in total. The lowest BCUT2D eigenvalue weighted by Gasteiger charge is -2.27. The maximum atomic E-state index is 5.56. The van der Waals surface area contributed by atoms with Gasteiger partial charge in [0.25, 0.3) is 0 Å². The molecule has 0 N–H and O–H groups in total. The molecule has 0 spiro atoms. The lowest BCUT2D eigenvalue weighted by atomic mass is 9.79. The number of ether oxygens (including phenoxy) is 1. The predicted octanol–water partition coefficient (Wildman–Crippen LogP) is 2.95. The molecule has 2 heteroatoms. The summed E-state index contributed by atoms with van der Waals surface area (Å²) in [7, 11) is 4.01. The standard InChI is InChI=1S/C15H21NO/c1-16-9-8-12-5-3-4-11-6-7-14(17-2)13(10-16)15(11)12/h6-7,12H,3-5,8-10H2,1-2H3/t12-/m1/s1. The predicted molar refractivity (Wildman–Crippen MR) is 69.6 cm³/mol. The Bertz CT molecular complexity index is 427. The van der Waals surface area contributed by atoms with Crippen molar-refractivity contribution in [1.29, 1.82) is 0 Å². The number of nitrogens with zero attached hydrogens (tertiary/aromatic N) is 1. The van der Waals surface area contributed by atoms with Crippen LogP contribution in [0.3, 0.4) is 0 Å². The van der Waals surface area contributed by atoms with E-state index in [1.54, 1.807) is 18.2 Å². The van der Waals surface area contributed by atoms with E-state index in [9.17, 15) is 0 Å². The average molecular weight is 231 g/mol. The van der Waals surface area contributed by atoms with Crippen molar-refractivity contribution in [3.05, 3.63) is 28.8 Å². The molecule has 3 rings (SSSR count). The van der Waals surface area contributed by atoms with Crippen LogP contribution in [0.2, 0.25) is 0 Å². The lowest BCUT2D eigenvalue weighted by Crippen LogP contribution is -2.17. The topological polar surface area (TPSA) is 12.5 Å². The van der Waals surface area contributed by atoms with Crippen LogP contribution < -0.4 is 4.74 Å². The number of benzene rings is 1. The van der Waals surface area contributed by atoms with E-state index in [0.29, 0.717) is 0 Å². The molecule has 0 radical (unpaired) electrons. The van der Waals surface area contributed by atoms with Crippen LogP contribution in [0.1, 0.15) is 41.9 Å². The van der Waals surface area contributed by atoms with Crippen LogP contribution in [0.25, 0.3) is 0 Å². The van der Waals surface area contributed by atoms with Crippen LogP contribution in [-0.2, 0) is 13.0 Å². The van der Waals surface area contributed by atoms with E-state index < -0.39 is 0 Å². The summed E-state index contributed by atoms with van der Waals surface area (Å²) in [5.41, 5.74) is 4.65. The van der Waals surface area contributed by atoms with Gasteiger partial charge in [-0.05, 0) is 62.4 Å². The first kappa shape index (κ1) is 11.1. The van der Waals surface area contributed by atoms with Crippen LogP contribution in [0.5, 0.6) is 5.75 Å². The average Bonchev–Trinajstić information content (AvgIpc) is 2.52. The van der Waals surface area contributed by atoms with Gasteiger partial charge in [0, 0.05) is 12.1 Å². The minimum Gasteiger partial charge on any atom is -0.496 e. The molecule has 1 heterocycles. The highest BCUT2D eigenvalue weighted by molar-refractivity contribution is 5.48. The van der Waals surface area contributed by atoms with Crippen LogP contribution in [0, 0.1) is 0 Å².